The topological polar surface area (TPSA) is 66.9 Å². The maximum absolute atomic E-state index is 11.9. The average molecular weight is 264 g/mol. The molecule has 1 amide bonds. The van der Waals surface area contributed by atoms with Gasteiger partial charge in [-0.15, -0.1) is 0 Å². The van der Waals surface area contributed by atoms with E-state index in [4.69, 9.17) is 0 Å². The molecule has 0 aromatic carbocycles. The molecule has 0 unspecified atom stereocenters. The quantitative estimate of drug-likeness (QED) is 0.828. The van der Waals surface area contributed by atoms with Crippen molar-refractivity contribution in [2.45, 2.75) is 47.1 Å². The van der Waals surface area contributed by atoms with Crippen molar-refractivity contribution in [2.24, 2.45) is 5.92 Å². The Labute approximate surface area is 115 Å². The summed E-state index contributed by atoms with van der Waals surface area (Å²) >= 11 is 0. The molecule has 1 rings (SSSR count). The second-order valence-corrected chi connectivity index (χ2v) is 5.42. The van der Waals surface area contributed by atoms with Crippen molar-refractivity contribution in [3.8, 4) is 0 Å². The van der Waals surface area contributed by atoms with E-state index in [1.54, 1.807) is 13.0 Å². The van der Waals surface area contributed by atoms with Gasteiger partial charge in [-0.05, 0) is 33.1 Å². The van der Waals surface area contributed by atoms with E-state index in [1.807, 2.05) is 13.8 Å². The molecular formula is C14H24N4O. The summed E-state index contributed by atoms with van der Waals surface area (Å²) in [6.07, 6.45) is 1.07. The number of carbonyl (C=O) groups is 1. The normalized spacial score (nSPS) is 10.9. The fraction of sp³-hybridized carbons (Fsp3) is 0.643. The third kappa shape index (κ3) is 5.68. The highest BCUT2D eigenvalue weighted by atomic mass is 16.1. The fourth-order valence-corrected chi connectivity index (χ4v) is 1.60. The number of anilines is 1. The molecule has 0 radical (unpaired) electrons. The van der Waals surface area contributed by atoms with Crippen LogP contribution in [-0.2, 0) is 0 Å². The number of aryl methyl sites for hydroxylation is 1. The van der Waals surface area contributed by atoms with E-state index in [0.29, 0.717) is 23.3 Å². The third-order valence-electron chi connectivity index (χ3n) is 2.52. The van der Waals surface area contributed by atoms with Crippen molar-refractivity contribution in [1.29, 1.82) is 0 Å². The number of carbonyl (C=O) groups excluding carboxylic acids is 1. The van der Waals surface area contributed by atoms with Gasteiger partial charge in [0.05, 0.1) is 0 Å². The van der Waals surface area contributed by atoms with Crippen LogP contribution in [0.15, 0.2) is 6.07 Å². The Morgan fingerprint density at radius 1 is 1.26 bits per heavy atom. The molecule has 106 valence electrons. The van der Waals surface area contributed by atoms with Gasteiger partial charge in [0.1, 0.15) is 17.3 Å². The van der Waals surface area contributed by atoms with Crippen LogP contribution < -0.4 is 10.6 Å². The van der Waals surface area contributed by atoms with Crippen molar-refractivity contribution in [2.75, 3.05) is 11.9 Å². The van der Waals surface area contributed by atoms with Crippen molar-refractivity contribution in [3.63, 3.8) is 0 Å². The molecular weight excluding hydrogens is 240 g/mol. The summed E-state index contributed by atoms with van der Waals surface area (Å²) in [4.78, 5) is 20.4. The molecule has 0 saturated heterocycles. The van der Waals surface area contributed by atoms with Gasteiger partial charge in [-0.3, -0.25) is 4.79 Å². The maximum atomic E-state index is 11.9. The van der Waals surface area contributed by atoms with Gasteiger partial charge in [-0.25, -0.2) is 9.97 Å². The standard InChI is InChI=1S/C14H24N4O/c1-9(2)6-7-15-13-8-12(17-11(5)18-13)14(19)16-10(3)4/h8-10H,6-7H2,1-5H3,(H,16,19)(H,15,17,18). The van der Waals surface area contributed by atoms with Gasteiger partial charge in [0.2, 0.25) is 0 Å². The summed E-state index contributed by atoms with van der Waals surface area (Å²) in [5.74, 6) is 1.79. The largest absolute Gasteiger partial charge is 0.370 e. The molecule has 2 N–H and O–H groups in total. The van der Waals surface area contributed by atoms with E-state index in [0.717, 1.165) is 13.0 Å². The second-order valence-electron chi connectivity index (χ2n) is 5.42. The molecule has 0 saturated carbocycles. The number of hydrogen-bond donors (Lipinski definition) is 2. The first kappa shape index (κ1) is 15.4. The van der Waals surface area contributed by atoms with Gasteiger partial charge < -0.3 is 10.6 Å². The second kappa shape index (κ2) is 7.07. The lowest BCUT2D eigenvalue weighted by atomic mass is 10.1. The molecule has 0 aliphatic heterocycles. The van der Waals surface area contributed by atoms with Gasteiger partial charge in [0, 0.05) is 18.7 Å². The minimum Gasteiger partial charge on any atom is -0.370 e. The van der Waals surface area contributed by atoms with Crippen LogP contribution in [0, 0.1) is 12.8 Å². The lowest BCUT2D eigenvalue weighted by Crippen LogP contribution is -2.31. The predicted octanol–water partition coefficient (Wildman–Crippen LogP) is 2.38. The van der Waals surface area contributed by atoms with Crippen LogP contribution in [0.1, 0.15) is 50.4 Å². The van der Waals surface area contributed by atoms with Crippen LogP contribution >= 0.6 is 0 Å². The summed E-state index contributed by atoms with van der Waals surface area (Å²) in [7, 11) is 0. The smallest absolute Gasteiger partial charge is 0.270 e. The first-order valence-electron chi connectivity index (χ1n) is 6.79. The van der Waals surface area contributed by atoms with Crippen LogP contribution in [0.25, 0.3) is 0 Å². The highest BCUT2D eigenvalue weighted by molar-refractivity contribution is 5.93. The Bertz CT molecular complexity index is 429. The zero-order valence-electron chi connectivity index (χ0n) is 12.4. The molecule has 1 aromatic rings. The van der Waals surface area contributed by atoms with Gasteiger partial charge in [0.25, 0.3) is 5.91 Å². The van der Waals surface area contributed by atoms with Crippen LogP contribution in [0.4, 0.5) is 5.82 Å². The fourth-order valence-electron chi connectivity index (χ4n) is 1.60. The third-order valence-corrected chi connectivity index (χ3v) is 2.52. The highest BCUT2D eigenvalue weighted by Gasteiger charge is 2.11. The van der Waals surface area contributed by atoms with Crippen molar-refractivity contribution >= 4 is 11.7 Å². The summed E-state index contributed by atoms with van der Waals surface area (Å²) in [5, 5.41) is 6.07. The molecule has 19 heavy (non-hydrogen) atoms. The number of hydrogen-bond acceptors (Lipinski definition) is 4. The molecule has 0 spiro atoms. The molecule has 0 bridgehead atoms. The first-order chi connectivity index (χ1) is 8.88. The van der Waals surface area contributed by atoms with Gasteiger partial charge >= 0.3 is 0 Å². The molecule has 0 aliphatic carbocycles. The van der Waals surface area contributed by atoms with Gasteiger partial charge in [-0.2, -0.15) is 0 Å². The van der Waals surface area contributed by atoms with Crippen LogP contribution in [0.3, 0.4) is 0 Å². The summed E-state index contributed by atoms with van der Waals surface area (Å²) in [6, 6.07) is 1.80. The lowest BCUT2D eigenvalue weighted by Gasteiger charge is -2.11. The van der Waals surface area contributed by atoms with E-state index in [9.17, 15) is 4.79 Å². The Morgan fingerprint density at radius 2 is 1.95 bits per heavy atom. The Hall–Kier alpha value is -1.65. The zero-order valence-corrected chi connectivity index (χ0v) is 12.4. The van der Waals surface area contributed by atoms with Crippen molar-refractivity contribution in [3.05, 3.63) is 17.6 Å². The summed E-state index contributed by atoms with van der Waals surface area (Å²) < 4.78 is 0. The van der Waals surface area contributed by atoms with E-state index >= 15 is 0 Å². The molecule has 1 aromatic heterocycles. The monoisotopic (exact) mass is 264 g/mol. The van der Waals surface area contributed by atoms with E-state index in [1.165, 1.54) is 0 Å². The van der Waals surface area contributed by atoms with E-state index in [2.05, 4.69) is 34.4 Å². The number of rotatable bonds is 6. The molecule has 0 atom stereocenters. The number of amides is 1. The Balaban J connectivity index is 2.73. The molecule has 1 heterocycles. The maximum Gasteiger partial charge on any atom is 0.270 e. The lowest BCUT2D eigenvalue weighted by molar-refractivity contribution is 0.0937. The van der Waals surface area contributed by atoms with Crippen LogP contribution in [0.5, 0.6) is 0 Å². The van der Waals surface area contributed by atoms with Crippen molar-refractivity contribution < 1.29 is 4.79 Å². The summed E-state index contributed by atoms with van der Waals surface area (Å²) in [5.41, 5.74) is 0.410. The molecule has 5 heteroatoms. The van der Waals surface area contributed by atoms with Gasteiger partial charge in [-0.1, -0.05) is 13.8 Å². The summed E-state index contributed by atoms with van der Waals surface area (Å²) in [6.45, 7) is 10.8. The highest BCUT2D eigenvalue weighted by Crippen LogP contribution is 2.08. The SMILES string of the molecule is Cc1nc(NCCC(C)C)cc(C(=O)NC(C)C)n1. The number of nitrogens with zero attached hydrogens (tertiary/aromatic N) is 2. The number of nitrogens with one attached hydrogen (secondary N) is 2. The van der Waals surface area contributed by atoms with Crippen molar-refractivity contribution in [1.82, 2.24) is 15.3 Å². The minimum absolute atomic E-state index is 0.0973. The Morgan fingerprint density at radius 3 is 2.53 bits per heavy atom. The van der Waals surface area contributed by atoms with Crippen LogP contribution in [-0.4, -0.2) is 28.5 Å². The van der Waals surface area contributed by atoms with Gasteiger partial charge in [0.15, 0.2) is 0 Å². The van der Waals surface area contributed by atoms with E-state index in [-0.39, 0.29) is 11.9 Å². The predicted molar refractivity (Wildman–Crippen MR) is 77.3 cm³/mol. The van der Waals surface area contributed by atoms with Crippen LogP contribution in [0.2, 0.25) is 0 Å². The zero-order chi connectivity index (χ0) is 14.4. The molecule has 0 fully saturated rings. The van der Waals surface area contributed by atoms with E-state index < -0.39 is 0 Å². The minimum atomic E-state index is -0.160. The first-order valence-corrected chi connectivity index (χ1v) is 6.79. The molecule has 0 aliphatic rings. The average Bonchev–Trinajstić information content (AvgIpc) is 2.26. The number of aromatic nitrogens is 2. The molecule has 5 nitrogen and oxygen atoms in total. The Kier molecular flexibility index (Phi) is 5.73.